The summed E-state index contributed by atoms with van der Waals surface area (Å²) in [6.45, 7) is 1.60. The molecule has 1 aliphatic rings. The molecule has 0 unspecified atom stereocenters. The predicted octanol–water partition coefficient (Wildman–Crippen LogP) is 3.44. The first-order valence-electron chi connectivity index (χ1n) is 9.99. The van der Waals surface area contributed by atoms with Gasteiger partial charge in [-0.2, -0.15) is 4.98 Å². The summed E-state index contributed by atoms with van der Waals surface area (Å²) in [4.78, 5) is 28.6. The molecule has 0 radical (unpaired) electrons. The van der Waals surface area contributed by atoms with Gasteiger partial charge in [-0.3, -0.25) is 9.59 Å². The van der Waals surface area contributed by atoms with Crippen LogP contribution in [0.25, 0.3) is 11.4 Å². The Balaban J connectivity index is 1.42. The molecule has 1 N–H and O–H groups in total. The molecule has 0 saturated heterocycles. The summed E-state index contributed by atoms with van der Waals surface area (Å²) in [6, 6.07) is 9.66. The number of rotatable bonds is 7. The third kappa shape index (κ3) is 5.90. The van der Waals surface area contributed by atoms with E-state index in [1.807, 2.05) is 30.3 Å². The Bertz CT molecular complexity index is 767. The number of esters is 1. The third-order valence-corrected chi connectivity index (χ3v) is 4.92. The molecule has 28 heavy (non-hydrogen) atoms. The highest BCUT2D eigenvalue weighted by molar-refractivity contribution is 5.83. The highest BCUT2D eigenvalue weighted by Gasteiger charge is 2.22. The second kappa shape index (κ2) is 10.0. The molecule has 1 saturated carbocycles. The van der Waals surface area contributed by atoms with Gasteiger partial charge >= 0.3 is 5.97 Å². The lowest BCUT2D eigenvalue weighted by Gasteiger charge is -2.19. The summed E-state index contributed by atoms with van der Waals surface area (Å²) >= 11 is 0. The Morgan fingerprint density at radius 1 is 1.18 bits per heavy atom. The van der Waals surface area contributed by atoms with Crippen molar-refractivity contribution in [3.8, 4) is 11.4 Å². The SMILES string of the molecule is C[C@@H](OC(=O)CCc1nc(-c2ccccc2)no1)C(=O)NC1CCCCCC1. The summed E-state index contributed by atoms with van der Waals surface area (Å²) < 4.78 is 10.4. The van der Waals surface area contributed by atoms with E-state index in [-0.39, 0.29) is 24.8 Å². The van der Waals surface area contributed by atoms with Crippen molar-refractivity contribution in [2.45, 2.75) is 70.4 Å². The molecule has 1 heterocycles. The number of aromatic nitrogens is 2. The Labute approximate surface area is 164 Å². The molecule has 1 aromatic heterocycles. The second-order valence-electron chi connectivity index (χ2n) is 7.21. The number of ether oxygens (including phenoxy) is 1. The van der Waals surface area contributed by atoms with Gasteiger partial charge in [0, 0.05) is 18.0 Å². The topological polar surface area (TPSA) is 94.3 Å². The molecule has 1 fully saturated rings. The van der Waals surface area contributed by atoms with E-state index >= 15 is 0 Å². The van der Waals surface area contributed by atoms with Crippen molar-refractivity contribution in [2.75, 3.05) is 0 Å². The van der Waals surface area contributed by atoms with Crippen LogP contribution in [0.2, 0.25) is 0 Å². The molecular weight excluding hydrogens is 358 g/mol. The lowest BCUT2D eigenvalue weighted by atomic mass is 10.1. The average Bonchev–Trinajstić information content (AvgIpc) is 3.04. The van der Waals surface area contributed by atoms with E-state index in [9.17, 15) is 9.59 Å². The second-order valence-corrected chi connectivity index (χ2v) is 7.21. The average molecular weight is 385 g/mol. The van der Waals surface area contributed by atoms with Gasteiger partial charge in [0.2, 0.25) is 11.7 Å². The minimum absolute atomic E-state index is 0.0808. The summed E-state index contributed by atoms with van der Waals surface area (Å²) in [5.41, 5.74) is 0.851. The van der Waals surface area contributed by atoms with Gasteiger partial charge < -0.3 is 14.6 Å². The minimum Gasteiger partial charge on any atom is -0.453 e. The zero-order valence-corrected chi connectivity index (χ0v) is 16.2. The fraction of sp³-hybridized carbons (Fsp3) is 0.524. The molecule has 1 atom stereocenters. The number of aryl methyl sites for hydroxylation is 1. The van der Waals surface area contributed by atoms with Gasteiger partial charge in [-0.1, -0.05) is 61.2 Å². The van der Waals surface area contributed by atoms with Gasteiger partial charge in [0.25, 0.3) is 5.91 Å². The van der Waals surface area contributed by atoms with E-state index in [4.69, 9.17) is 9.26 Å². The first-order valence-corrected chi connectivity index (χ1v) is 9.99. The van der Waals surface area contributed by atoms with E-state index in [0.717, 1.165) is 31.2 Å². The third-order valence-electron chi connectivity index (χ3n) is 4.92. The number of carbonyl (C=O) groups excluding carboxylic acids is 2. The van der Waals surface area contributed by atoms with E-state index in [1.165, 1.54) is 12.8 Å². The van der Waals surface area contributed by atoms with Crippen molar-refractivity contribution in [3.63, 3.8) is 0 Å². The largest absolute Gasteiger partial charge is 0.453 e. The van der Waals surface area contributed by atoms with Crippen LogP contribution in [-0.4, -0.2) is 34.2 Å². The molecule has 0 spiro atoms. The number of nitrogens with zero attached hydrogens (tertiary/aromatic N) is 2. The number of hydrogen-bond acceptors (Lipinski definition) is 6. The van der Waals surface area contributed by atoms with Crippen LogP contribution in [-0.2, 0) is 20.7 Å². The number of nitrogens with one attached hydrogen (secondary N) is 1. The molecule has 2 aromatic rings. The smallest absolute Gasteiger partial charge is 0.307 e. The van der Waals surface area contributed by atoms with Crippen molar-refractivity contribution >= 4 is 11.9 Å². The standard InChI is InChI=1S/C21H27N3O4/c1-15(21(26)22-17-11-7-2-3-8-12-17)27-19(25)14-13-18-23-20(24-28-18)16-9-5-4-6-10-16/h4-6,9-10,15,17H,2-3,7-8,11-14H2,1H3,(H,22,26)/t15-/m1/s1. The van der Waals surface area contributed by atoms with E-state index in [2.05, 4.69) is 15.5 Å². The fourth-order valence-corrected chi connectivity index (χ4v) is 3.32. The molecule has 1 amide bonds. The van der Waals surface area contributed by atoms with Crippen LogP contribution < -0.4 is 5.32 Å². The molecular formula is C21H27N3O4. The first-order chi connectivity index (χ1) is 13.6. The van der Waals surface area contributed by atoms with Gasteiger partial charge in [0.15, 0.2) is 6.10 Å². The van der Waals surface area contributed by atoms with Crippen molar-refractivity contribution in [1.82, 2.24) is 15.5 Å². The Morgan fingerprint density at radius 3 is 2.61 bits per heavy atom. The molecule has 0 bridgehead atoms. The van der Waals surface area contributed by atoms with E-state index in [0.29, 0.717) is 11.7 Å². The van der Waals surface area contributed by atoms with Crippen LogP contribution in [0.3, 0.4) is 0 Å². The zero-order chi connectivity index (χ0) is 19.8. The van der Waals surface area contributed by atoms with Gasteiger partial charge in [-0.05, 0) is 19.8 Å². The number of carbonyl (C=O) groups is 2. The highest BCUT2D eigenvalue weighted by Crippen LogP contribution is 2.18. The Morgan fingerprint density at radius 2 is 1.89 bits per heavy atom. The van der Waals surface area contributed by atoms with Crippen molar-refractivity contribution in [2.24, 2.45) is 0 Å². The maximum Gasteiger partial charge on any atom is 0.307 e. The molecule has 0 aliphatic heterocycles. The quantitative estimate of drug-likeness (QED) is 0.579. The molecule has 1 aromatic carbocycles. The van der Waals surface area contributed by atoms with Crippen molar-refractivity contribution in [1.29, 1.82) is 0 Å². The van der Waals surface area contributed by atoms with E-state index in [1.54, 1.807) is 6.92 Å². The monoisotopic (exact) mass is 385 g/mol. The zero-order valence-electron chi connectivity index (χ0n) is 16.2. The van der Waals surface area contributed by atoms with Crippen LogP contribution in [0.1, 0.15) is 57.8 Å². The van der Waals surface area contributed by atoms with Crippen LogP contribution >= 0.6 is 0 Å². The van der Waals surface area contributed by atoms with Crippen molar-refractivity contribution in [3.05, 3.63) is 36.2 Å². The fourth-order valence-electron chi connectivity index (χ4n) is 3.32. The van der Waals surface area contributed by atoms with E-state index < -0.39 is 12.1 Å². The van der Waals surface area contributed by atoms with Gasteiger partial charge in [0.1, 0.15) is 0 Å². The Kier molecular flexibility index (Phi) is 7.17. The van der Waals surface area contributed by atoms with Crippen LogP contribution in [0.4, 0.5) is 0 Å². The van der Waals surface area contributed by atoms with Crippen molar-refractivity contribution < 1.29 is 18.8 Å². The number of hydrogen-bond donors (Lipinski definition) is 1. The lowest BCUT2D eigenvalue weighted by Crippen LogP contribution is -2.41. The maximum atomic E-state index is 12.3. The van der Waals surface area contributed by atoms with Gasteiger partial charge in [0.05, 0.1) is 6.42 Å². The molecule has 7 heteroatoms. The Hall–Kier alpha value is -2.70. The number of amides is 1. The number of benzene rings is 1. The lowest BCUT2D eigenvalue weighted by molar-refractivity contribution is -0.155. The molecule has 150 valence electrons. The summed E-state index contributed by atoms with van der Waals surface area (Å²) in [6.07, 6.45) is 6.24. The predicted molar refractivity (Wildman–Crippen MR) is 103 cm³/mol. The summed E-state index contributed by atoms with van der Waals surface area (Å²) in [5.74, 6) is 0.166. The van der Waals surface area contributed by atoms with Crippen LogP contribution in [0, 0.1) is 0 Å². The molecule has 1 aliphatic carbocycles. The maximum absolute atomic E-state index is 12.3. The minimum atomic E-state index is -0.807. The van der Waals surface area contributed by atoms with Gasteiger partial charge in [-0.25, -0.2) is 0 Å². The first kappa shape index (κ1) is 20.0. The highest BCUT2D eigenvalue weighted by atomic mass is 16.5. The normalized spacial score (nSPS) is 16.2. The summed E-state index contributed by atoms with van der Waals surface area (Å²) in [5, 5.41) is 6.93. The molecule has 7 nitrogen and oxygen atoms in total. The van der Waals surface area contributed by atoms with Gasteiger partial charge in [-0.15, -0.1) is 0 Å². The van der Waals surface area contributed by atoms with Crippen LogP contribution in [0.5, 0.6) is 0 Å². The summed E-state index contributed by atoms with van der Waals surface area (Å²) in [7, 11) is 0. The van der Waals surface area contributed by atoms with Crippen LogP contribution in [0.15, 0.2) is 34.9 Å². The molecule has 3 rings (SSSR count).